The van der Waals surface area contributed by atoms with Crippen molar-refractivity contribution >= 4 is 10.0 Å². The number of nitrogens with zero attached hydrogens (tertiary/aromatic N) is 5. The Labute approximate surface area is 175 Å². The van der Waals surface area contributed by atoms with Gasteiger partial charge in [0.25, 0.3) is 0 Å². The molecule has 1 aromatic carbocycles. The van der Waals surface area contributed by atoms with Crippen LogP contribution >= 0.6 is 0 Å². The normalized spacial score (nSPS) is 15.9. The fourth-order valence-corrected chi connectivity index (χ4v) is 4.99. The molecule has 7 nitrogen and oxygen atoms in total. The second-order valence-electron chi connectivity index (χ2n) is 7.19. The molecule has 0 saturated carbocycles. The van der Waals surface area contributed by atoms with Gasteiger partial charge in [0, 0.05) is 50.7 Å². The van der Waals surface area contributed by atoms with E-state index in [9.17, 15) is 12.8 Å². The van der Waals surface area contributed by atoms with E-state index in [1.54, 1.807) is 43.6 Å². The Morgan fingerprint density at radius 2 is 1.67 bits per heavy atom. The molecule has 156 valence electrons. The molecule has 1 aliphatic rings. The lowest BCUT2D eigenvalue weighted by Crippen LogP contribution is -2.48. The van der Waals surface area contributed by atoms with Crippen molar-refractivity contribution < 1.29 is 12.8 Å². The zero-order valence-electron chi connectivity index (χ0n) is 16.6. The predicted octanol–water partition coefficient (Wildman–Crippen LogP) is 2.49. The van der Waals surface area contributed by atoms with E-state index >= 15 is 0 Å². The first-order chi connectivity index (χ1) is 14.4. The van der Waals surface area contributed by atoms with Crippen molar-refractivity contribution in [2.24, 2.45) is 0 Å². The zero-order valence-corrected chi connectivity index (χ0v) is 17.4. The van der Waals surface area contributed by atoms with E-state index in [1.165, 1.54) is 22.6 Å². The van der Waals surface area contributed by atoms with Gasteiger partial charge in [0.2, 0.25) is 10.0 Å². The number of pyridine rings is 1. The van der Waals surface area contributed by atoms with Gasteiger partial charge in [-0.25, -0.2) is 22.8 Å². The van der Waals surface area contributed by atoms with Crippen molar-refractivity contribution in [2.75, 3.05) is 26.2 Å². The fraction of sp³-hybridized carbons (Fsp3) is 0.286. The number of sulfonamides is 1. The third-order valence-corrected chi connectivity index (χ3v) is 7.14. The first kappa shape index (κ1) is 20.5. The van der Waals surface area contributed by atoms with Crippen LogP contribution in [0.3, 0.4) is 0 Å². The SMILES string of the molecule is Cc1nc(-c2ccncc2)ncc1S(=O)(=O)N1CCN(Cc2ccc(F)cc2)CC1. The second kappa shape index (κ2) is 8.55. The number of benzene rings is 1. The minimum Gasteiger partial charge on any atom is -0.296 e. The van der Waals surface area contributed by atoms with Crippen LogP contribution in [0, 0.1) is 12.7 Å². The zero-order chi connectivity index (χ0) is 21.1. The maximum atomic E-state index is 13.1. The summed E-state index contributed by atoms with van der Waals surface area (Å²) in [5.74, 6) is 0.208. The number of halogens is 1. The van der Waals surface area contributed by atoms with Gasteiger partial charge in [0.15, 0.2) is 5.82 Å². The monoisotopic (exact) mass is 427 g/mol. The molecule has 1 aliphatic heterocycles. The van der Waals surface area contributed by atoms with Crippen molar-refractivity contribution in [1.82, 2.24) is 24.2 Å². The van der Waals surface area contributed by atoms with Gasteiger partial charge < -0.3 is 0 Å². The Hall–Kier alpha value is -2.75. The van der Waals surface area contributed by atoms with Crippen LogP contribution in [-0.2, 0) is 16.6 Å². The topological polar surface area (TPSA) is 79.3 Å². The van der Waals surface area contributed by atoms with Gasteiger partial charge in [0.1, 0.15) is 10.7 Å². The van der Waals surface area contributed by atoms with Crippen LogP contribution in [-0.4, -0.2) is 58.8 Å². The van der Waals surface area contributed by atoms with Gasteiger partial charge in [-0.2, -0.15) is 4.31 Å². The van der Waals surface area contributed by atoms with Gasteiger partial charge in [-0.15, -0.1) is 0 Å². The number of rotatable bonds is 5. The van der Waals surface area contributed by atoms with Crippen molar-refractivity contribution in [3.05, 3.63) is 72.1 Å². The molecule has 0 spiro atoms. The summed E-state index contributed by atoms with van der Waals surface area (Å²) in [4.78, 5) is 14.9. The molecule has 0 atom stereocenters. The van der Waals surface area contributed by atoms with Gasteiger partial charge in [-0.3, -0.25) is 9.88 Å². The number of hydrogen-bond donors (Lipinski definition) is 0. The molecule has 0 bridgehead atoms. The highest BCUT2D eigenvalue weighted by molar-refractivity contribution is 7.89. The Kier molecular flexibility index (Phi) is 5.85. The number of aromatic nitrogens is 3. The van der Waals surface area contributed by atoms with E-state index in [0.29, 0.717) is 44.2 Å². The molecule has 3 heterocycles. The molecule has 1 fully saturated rings. The average molecular weight is 428 g/mol. The van der Waals surface area contributed by atoms with Gasteiger partial charge in [0.05, 0.1) is 11.9 Å². The van der Waals surface area contributed by atoms with Gasteiger partial charge in [-0.1, -0.05) is 12.1 Å². The largest absolute Gasteiger partial charge is 0.296 e. The molecule has 30 heavy (non-hydrogen) atoms. The first-order valence-corrected chi connectivity index (χ1v) is 11.1. The van der Waals surface area contributed by atoms with E-state index in [2.05, 4.69) is 19.9 Å². The van der Waals surface area contributed by atoms with Crippen LogP contribution in [0.1, 0.15) is 11.3 Å². The lowest BCUT2D eigenvalue weighted by atomic mass is 10.2. The van der Waals surface area contributed by atoms with Crippen LogP contribution in [0.15, 0.2) is 59.9 Å². The molecule has 2 aromatic heterocycles. The number of aryl methyl sites for hydroxylation is 1. The van der Waals surface area contributed by atoms with Gasteiger partial charge in [-0.05, 0) is 36.8 Å². The highest BCUT2D eigenvalue weighted by atomic mass is 32.2. The molecule has 4 rings (SSSR count). The number of hydrogen-bond acceptors (Lipinski definition) is 6. The van der Waals surface area contributed by atoms with Crippen molar-refractivity contribution in [1.29, 1.82) is 0 Å². The molecule has 0 aliphatic carbocycles. The summed E-state index contributed by atoms with van der Waals surface area (Å²) in [5, 5.41) is 0. The Bertz CT molecular complexity index is 1120. The predicted molar refractivity (Wildman–Crippen MR) is 110 cm³/mol. The van der Waals surface area contributed by atoms with Crippen LogP contribution < -0.4 is 0 Å². The molecule has 3 aromatic rings. The van der Waals surface area contributed by atoms with Crippen LogP contribution in [0.25, 0.3) is 11.4 Å². The molecule has 0 unspecified atom stereocenters. The maximum Gasteiger partial charge on any atom is 0.246 e. The van der Waals surface area contributed by atoms with E-state index < -0.39 is 10.0 Å². The van der Waals surface area contributed by atoms with Crippen LogP contribution in [0.5, 0.6) is 0 Å². The minimum atomic E-state index is -3.67. The summed E-state index contributed by atoms with van der Waals surface area (Å²) in [7, 11) is -3.67. The smallest absolute Gasteiger partial charge is 0.246 e. The average Bonchev–Trinajstić information content (AvgIpc) is 2.76. The molecule has 0 N–H and O–H groups in total. The van der Waals surface area contributed by atoms with Crippen LogP contribution in [0.2, 0.25) is 0 Å². The van der Waals surface area contributed by atoms with Crippen molar-refractivity contribution in [2.45, 2.75) is 18.4 Å². The summed E-state index contributed by atoms with van der Waals surface area (Å²) >= 11 is 0. The summed E-state index contributed by atoms with van der Waals surface area (Å²) in [6, 6.07) is 9.95. The lowest BCUT2D eigenvalue weighted by molar-refractivity contribution is 0.181. The summed E-state index contributed by atoms with van der Waals surface area (Å²) in [6.07, 6.45) is 4.67. The Balaban J connectivity index is 1.45. The van der Waals surface area contributed by atoms with Gasteiger partial charge >= 0.3 is 0 Å². The molecule has 0 radical (unpaired) electrons. The highest BCUT2D eigenvalue weighted by Crippen LogP contribution is 2.22. The molecular weight excluding hydrogens is 405 g/mol. The number of piperazine rings is 1. The quantitative estimate of drug-likeness (QED) is 0.623. The van der Waals surface area contributed by atoms with Crippen LogP contribution in [0.4, 0.5) is 4.39 Å². The molecule has 0 amide bonds. The third-order valence-electron chi connectivity index (χ3n) is 5.14. The fourth-order valence-electron chi connectivity index (χ4n) is 3.46. The minimum absolute atomic E-state index is 0.132. The van der Waals surface area contributed by atoms with E-state index in [4.69, 9.17) is 0 Å². The summed E-state index contributed by atoms with van der Waals surface area (Å²) in [6.45, 7) is 4.32. The standard InChI is InChI=1S/C21H22FN5O2S/c1-16-20(14-24-21(25-16)18-6-8-23-9-7-18)30(28,29)27-12-10-26(11-13-27)15-17-2-4-19(22)5-3-17/h2-9,14H,10-13,15H2,1H3. The first-order valence-electron chi connectivity index (χ1n) is 9.64. The van der Waals surface area contributed by atoms with E-state index in [0.717, 1.165) is 11.1 Å². The molecular formula is C21H22FN5O2S. The molecule has 1 saturated heterocycles. The Morgan fingerprint density at radius 3 is 2.30 bits per heavy atom. The third kappa shape index (κ3) is 4.38. The highest BCUT2D eigenvalue weighted by Gasteiger charge is 2.30. The summed E-state index contributed by atoms with van der Waals surface area (Å²) < 4.78 is 40.8. The second-order valence-corrected chi connectivity index (χ2v) is 9.09. The maximum absolute atomic E-state index is 13.1. The lowest BCUT2D eigenvalue weighted by Gasteiger charge is -2.34. The Morgan fingerprint density at radius 1 is 1.00 bits per heavy atom. The molecule has 9 heteroatoms. The van der Waals surface area contributed by atoms with Crippen molar-refractivity contribution in [3.8, 4) is 11.4 Å². The van der Waals surface area contributed by atoms with E-state index in [1.807, 2.05) is 0 Å². The van der Waals surface area contributed by atoms with Crippen molar-refractivity contribution in [3.63, 3.8) is 0 Å². The van der Waals surface area contributed by atoms with E-state index in [-0.39, 0.29) is 10.7 Å². The summed E-state index contributed by atoms with van der Waals surface area (Å²) in [5.41, 5.74) is 2.21.